The van der Waals surface area contributed by atoms with Crippen LogP contribution < -0.4 is 15.2 Å². The fourth-order valence-corrected chi connectivity index (χ4v) is 6.30. The van der Waals surface area contributed by atoms with Gasteiger partial charge in [-0.1, -0.05) is 42.8 Å². The predicted molar refractivity (Wildman–Crippen MR) is 140 cm³/mol. The lowest BCUT2D eigenvalue weighted by atomic mass is 9.98. The molecule has 37 heavy (non-hydrogen) atoms. The maximum atomic E-state index is 13.9. The predicted octanol–water partition coefficient (Wildman–Crippen LogP) is 3.91. The Bertz CT molecular complexity index is 1410. The quantitative estimate of drug-likeness (QED) is 0.484. The van der Waals surface area contributed by atoms with E-state index in [4.69, 9.17) is 4.74 Å². The first-order chi connectivity index (χ1) is 17.8. The number of rotatable bonds is 6. The summed E-state index contributed by atoms with van der Waals surface area (Å²) in [6, 6.07) is 14.8. The highest BCUT2D eigenvalue weighted by molar-refractivity contribution is 7.88. The van der Waals surface area contributed by atoms with Crippen LogP contribution in [0.1, 0.15) is 43.7 Å². The minimum Gasteiger partial charge on any atom is -0.483 e. The highest BCUT2D eigenvalue weighted by Crippen LogP contribution is 2.34. The average Bonchev–Trinajstić information content (AvgIpc) is 2.90. The molecular weight excluding hydrogens is 495 g/mol. The van der Waals surface area contributed by atoms with Gasteiger partial charge < -0.3 is 9.64 Å². The van der Waals surface area contributed by atoms with Crippen molar-refractivity contribution in [2.24, 2.45) is 0 Å². The molecule has 0 spiro atoms. The Kier molecular flexibility index (Phi) is 7.30. The molecule has 10 heteroatoms. The third-order valence-electron chi connectivity index (χ3n) is 7.09. The van der Waals surface area contributed by atoms with E-state index in [1.165, 1.54) is 28.8 Å². The summed E-state index contributed by atoms with van der Waals surface area (Å²) < 4.78 is 48.2. The molecule has 8 nitrogen and oxygen atoms in total. The molecule has 0 amide bonds. The molecule has 1 aliphatic heterocycles. The number of sulfonamides is 1. The molecule has 2 heterocycles. The van der Waals surface area contributed by atoms with Crippen LogP contribution in [0.25, 0.3) is 5.69 Å². The van der Waals surface area contributed by atoms with E-state index in [9.17, 15) is 17.6 Å². The maximum absolute atomic E-state index is 13.9. The first kappa shape index (κ1) is 25.4. The molecule has 2 aromatic carbocycles. The third-order valence-corrected chi connectivity index (χ3v) is 8.38. The van der Waals surface area contributed by atoms with Crippen LogP contribution in [-0.2, 0) is 10.0 Å². The highest BCUT2D eigenvalue weighted by Gasteiger charge is 2.36. The Labute approximate surface area is 216 Å². The van der Waals surface area contributed by atoms with Gasteiger partial charge in [0.15, 0.2) is 0 Å². The van der Waals surface area contributed by atoms with E-state index in [2.05, 4.69) is 5.10 Å². The van der Waals surface area contributed by atoms with E-state index in [-0.39, 0.29) is 18.4 Å². The van der Waals surface area contributed by atoms with Gasteiger partial charge in [-0.3, -0.25) is 4.79 Å². The number of hydrogen-bond donors (Lipinski definition) is 0. The molecule has 0 radical (unpaired) electrons. The summed E-state index contributed by atoms with van der Waals surface area (Å²) in [7, 11) is -3.46. The van der Waals surface area contributed by atoms with Crippen LogP contribution in [0.3, 0.4) is 0 Å². The van der Waals surface area contributed by atoms with Crippen molar-refractivity contribution in [3.05, 3.63) is 82.5 Å². The summed E-state index contributed by atoms with van der Waals surface area (Å²) in [4.78, 5) is 15.7. The Balaban J connectivity index is 1.55. The second kappa shape index (κ2) is 10.6. The molecule has 2 aliphatic rings. The Morgan fingerprint density at radius 3 is 2.46 bits per heavy atom. The van der Waals surface area contributed by atoms with Gasteiger partial charge in [-0.2, -0.15) is 14.1 Å². The van der Waals surface area contributed by atoms with E-state index in [0.29, 0.717) is 24.5 Å². The van der Waals surface area contributed by atoms with Crippen LogP contribution in [0, 0.1) is 5.82 Å². The lowest BCUT2D eigenvalue weighted by Crippen LogP contribution is -2.50. The minimum absolute atomic E-state index is 0.0919. The second-order valence-electron chi connectivity index (χ2n) is 9.68. The molecule has 1 atom stereocenters. The largest absolute Gasteiger partial charge is 0.483 e. The van der Waals surface area contributed by atoms with Gasteiger partial charge in [-0.25, -0.2) is 12.8 Å². The van der Waals surface area contributed by atoms with Crippen LogP contribution in [0.2, 0.25) is 0 Å². The fourth-order valence-electron chi connectivity index (χ4n) is 5.24. The first-order valence-corrected chi connectivity index (χ1v) is 14.5. The van der Waals surface area contributed by atoms with E-state index < -0.39 is 27.4 Å². The normalized spacial score (nSPS) is 19.6. The average molecular weight is 527 g/mol. The van der Waals surface area contributed by atoms with E-state index in [0.717, 1.165) is 42.3 Å². The molecule has 3 aromatic rings. The molecular formula is C27H31FN4O4S. The third kappa shape index (κ3) is 5.55. The van der Waals surface area contributed by atoms with E-state index in [1.807, 2.05) is 35.2 Å². The Morgan fingerprint density at radius 1 is 1.00 bits per heavy atom. The smallest absolute Gasteiger partial charge is 0.316 e. The second-order valence-corrected chi connectivity index (χ2v) is 11.6. The molecule has 196 valence electrons. The fraction of sp³-hybridized carbons (Fsp3) is 0.407. The first-order valence-electron chi connectivity index (χ1n) is 12.6. The van der Waals surface area contributed by atoms with Crippen LogP contribution in [0.4, 0.5) is 10.1 Å². The molecule has 0 N–H and O–H groups in total. The number of ether oxygens (including phenoxy) is 1. The van der Waals surface area contributed by atoms with Crippen molar-refractivity contribution >= 4 is 15.7 Å². The van der Waals surface area contributed by atoms with Gasteiger partial charge in [0.05, 0.1) is 30.3 Å². The van der Waals surface area contributed by atoms with E-state index >= 15 is 0 Å². The van der Waals surface area contributed by atoms with Crippen LogP contribution in [0.5, 0.6) is 5.75 Å². The van der Waals surface area contributed by atoms with Gasteiger partial charge >= 0.3 is 5.56 Å². The zero-order valence-corrected chi connectivity index (χ0v) is 21.6. The zero-order valence-electron chi connectivity index (χ0n) is 20.8. The van der Waals surface area contributed by atoms with Crippen molar-refractivity contribution in [2.75, 3.05) is 30.8 Å². The van der Waals surface area contributed by atoms with Gasteiger partial charge in [0.2, 0.25) is 15.8 Å². The number of benzene rings is 2. The topological polar surface area (TPSA) is 84.7 Å². The highest BCUT2D eigenvalue weighted by atomic mass is 32.2. The monoisotopic (exact) mass is 526 g/mol. The number of nitrogens with zero attached hydrogens (tertiary/aromatic N) is 4. The van der Waals surface area contributed by atoms with Crippen molar-refractivity contribution in [3.8, 4) is 11.4 Å². The summed E-state index contributed by atoms with van der Waals surface area (Å²) in [5.41, 5.74) is 1.25. The number of hydrogen-bond acceptors (Lipinski definition) is 6. The molecule has 1 saturated carbocycles. The maximum Gasteiger partial charge on any atom is 0.316 e. The summed E-state index contributed by atoms with van der Waals surface area (Å²) in [6.45, 7) is 0.972. The lowest BCUT2D eigenvalue weighted by molar-refractivity contribution is 0.152. The van der Waals surface area contributed by atoms with Gasteiger partial charge in [-0.05, 0) is 49.4 Å². The van der Waals surface area contributed by atoms with E-state index in [1.54, 1.807) is 12.3 Å². The molecule has 1 aliphatic carbocycles. The van der Waals surface area contributed by atoms with Crippen LogP contribution >= 0.6 is 0 Å². The number of aromatic nitrogens is 2. The molecule has 1 aromatic heterocycles. The summed E-state index contributed by atoms with van der Waals surface area (Å²) >= 11 is 0. The van der Waals surface area contributed by atoms with Crippen molar-refractivity contribution in [1.82, 2.24) is 14.1 Å². The number of piperazine rings is 1. The summed E-state index contributed by atoms with van der Waals surface area (Å²) in [5, 5.41) is 4.37. The lowest BCUT2D eigenvalue weighted by Gasteiger charge is -2.41. The summed E-state index contributed by atoms with van der Waals surface area (Å²) in [5.74, 6) is -0.293. The number of halogens is 1. The summed E-state index contributed by atoms with van der Waals surface area (Å²) in [6.07, 6.45) is 7.62. The zero-order chi connectivity index (χ0) is 26.0. The molecule has 2 fully saturated rings. The van der Waals surface area contributed by atoms with Gasteiger partial charge in [0.1, 0.15) is 11.5 Å². The van der Waals surface area contributed by atoms with Crippen molar-refractivity contribution < 1.29 is 17.5 Å². The molecule has 0 bridgehead atoms. The standard InChI is InChI=1S/C27H31FN4O4S/c1-37(34,35)31-16-15-30(19-25(31)20-9-4-2-5-10-20)24-18-29-32(22-12-8-11-21(28)17-22)27(33)26(24)36-23-13-6-3-7-14-23/h2,4-5,8-12,17-18,23,25H,3,6-7,13-16,19H2,1H3. The van der Waals surface area contributed by atoms with Crippen LogP contribution in [0.15, 0.2) is 65.6 Å². The van der Waals surface area contributed by atoms with Crippen molar-refractivity contribution in [1.29, 1.82) is 0 Å². The van der Waals surface area contributed by atoms with Gasteiger partial charge in [0.25, 0.3) is 0 Å². The van der Waals surface area contributed by atoms with Crippen LogP contribution in [-0.4, -0.2) is 54.5 Å². The van der Waals surface area contributed by atoms with Crippen molar-refractivity contribution in [2.45, 2.75) is 44.2 Å². The van der Waals surface area contributed by atoms with Crippen molar-refractivity contribution in [3.63, 3.8) is 0 Å². The Morgan fingerprint density at radius 2 is 1.76 bits per heavy atom. The molecule has 5 rings (SSSR count). The minimum atomic E-state index is -3.46. The Hall–Kier alpha value is -3.24. The SMILES string of the molecule is CS(=O)(=O)N1CCN(c2cnn(-c3cccc(F)c3)c(=O)c2OC2CCCCC2)CC1c1ccccc1. The van der Waals surface area contributed by atoms with Gasteiger partial charge in [0, 0.05) is 19.6 Å². The molecule has 1 unspecified atom stereocenters. The molecule has 1 saturated heterocycles. The van der Waals surface area contributed by atoms with Gasteiger partial charge in [-0.15, -0.1) is 0 Å². The number of anilines is 1.